The third-order valence-electron chi connectivity index (χ3n) is 2.03. The minimum Gasteiger partial charge on any atom is -0.383 e. The van der Waals surface area contributed by atoms with E-state index >= 15 is 0 Å². The van der Waals surface area contributed by atoms with Crippen LogP contribution in [0.15, 0.2) is 22.7 Å². The van der Waals surface area contributed by atoms with Crippen LogP contribution in [0, 0.1) is 5.82 Å². The Bertz CT molecular complexity index is 306. The van der Waals surface area contributed by atoms with Crippen LogP contribution in [-0.4, -0.2) is 20.8 Å². The molecule has 0 bridgehead atoms. The van der Waals surface area contributed by atoms with Gasteiger partial charge in [0.1, 0.15) is 5.82 Å². The van der Waals surface area contributed by atoms with E-state index in [1.807, 2.05) is 13.1 Å². The van der Waals surface area contributed by atoms with Gasteiger partial charge >= 0.3 is 0 Å². The molecule has 4 heteroatoms. The van der Waals surface area contributed by atoms with E-state index in [1.54, 1.807) is 13.2 Å². The number of halogens is 2. The summed E-state index contributed by atoms with van der Waals surface area (Å²) in [4.78, 5) is 0. The molecule has 1 aromatic carbocycles. The fourth-order valence-corrected chi connectivity index (χ4v) is 1.49. The fourth-order valence-electron chi connectivity index (χ4n) is 1.24. The van der Waals surface area contributed by atoms with Gasteiger partial charge in [-0.15, -0.1) is 0 Å². The molecule has 0 amide bonds. The lowest BCUT2D eigenvalue weighted by molar-refractivity contribution is 0.170. The fraction of sp³-hybridized carbons (Fsp3) is 0.400. The number of hydrogen-bond donors (Lipinski definition) is 1. The molecule has 1 unspecified atom stereocenters. The molecule has 0 aliphatic rings. The van der Waals surface area contributed by atoms with Gasteiger partial charge < -0.3 is 10.1 Å². The lowest BCUT2D eigenvalue weighted by atomic mass is 10.1. The third kappa shape index (κ3) is 2.77. The largest absolute Gasteiger partial charge is 0.383 e. The summed E-state index contributed by atoms with van der Waals surface area (Å²) in [5, 5.41) is 3.06. The van der Waals surface area contributed by atoms with Crippen molar-refractivity contribution < 1.29 is 9.13 Å². The number of methoxy groups -OCH3 is 1. The van der Waals surface area contributed by atoms with Gasteiger partial charge in [0.25, 0.3) is 0 Å². The smallest absolute Gasteiger partial charge is 0.137 e. The first kappa shape index (κ1) is 11.6. The van der Waals surface area contributed by atoms with Gasteiger partial charge in [0.2, 0.25) is 0 Å². The summed E-state index contributed by atoms with van der Waals surface area (Å²) in [6.45, 7) is 0.525. The molecule has 0 aliphatic heterocycles. The molecular weight excluding hydrogens is 249 g/mol. The molecule has 14 heavy (non-hydrogen) atoms. The summed E-state index contributed by atoms with van der Waals surface area (Å²) >= 11 is 3.11. The zero-order chi connectivity index (χ0) is 10.6. The lowest BCUT2D eigenvalue weighted by Crippen LogP contribution is -2.21. The first-order valence-electron chi connectivity index (χ1n) is 4.30. The van der Waals surface area contributed by atoms with E-state index in [9.17, 15) is 4.39 Å². The molecule has 0 aromatic heterocycles. The van der Waals surface area contributed by atoms with Crippen molar-refractivity contribution in [3.63, 3.8) is 0 Å². The highest BCUT2D eigenvalue weighted by molar-refractivity contribution is 9.10. The highest BCUT2D eigenvalue weighted by atomic mass is 79.9. The predicted molar refractivity (Wildman–Crippen MR) is 57.8 cm³/mol. The Morgan fingerprint density at radius 3 is 2.79 bits per heavy atom. The molecule has 0 aliphatic carbocycles. The Morgan fingerprint density at radius 1 is 1.57 bits per heavy atom. The standard InChI is InChI=1S/C10H13BrFNO/c1-13-10(6-14-2)7-3-4-8(11)9(12)5-7/h3-5,10,13H,6H2,1-2H3. The molecule has 78 valence electrons. The molecule has 1 N–H and O–H groups in total. The molecule has 1 atom stereocenters. The molecule has 0 heterocycles. The average Bonchev–Trinajstić information content (AvgIpc) is 2.19. The van der Waals surface area contributed by atoms with Crippen LogP contribution in [0.25, 0.3) is 0 Å². The number of hydrogen-bond acceptors (Lipinski definition) is 2. The minimum atomic E-state index is -0.251. The Labute approximate surface area is 91.6 Å². The maximum Gasteiger partial charge on any atom is 0.137 e. The summed E-state index contributed by atoms with van der Waals surface area (Å²) < 4.78 is 18.7. The SMILES string of the molecule is CNC(COC)c1ccc(Br)c(F)c1. The number of benzene rings is 1. The van der Waals surface area contributed by atoms with Crippen molar-refractivity contribution in [2.45, 2.75) is 6.04 Å². The van der Waals surface area contributed by atoms with Gasteiger partial charge in [0, 0.05) is 7.11 Å². The second kappa shape index (κ2) is 5.44. The second-order valence-corrected chi connectivity index (χ2v) is 3.82. The third-order valence-corrected chi connectivity index (χ3v) is 2.67. The maximum atomic E-state index is 13.2. The van der Waals surface area contributed by atoms with Crippen LogP contribution in [0.3, 0.4) is 0 Å². The van der Waals surface area contributed by atoms with Crippen LogP contribution in [0.5, 0.6) is 0 Å². The van der Waals surface area contributed by atoms with Gasteiger partial charge in [0.15, 0.2) is 0 Å². The van der Waals surface area contributed by atoms with Crippen molar-refractivity contribution in [1.82, 2.24) is 5.32 Å². The van der Waals surface area contributed by atoms with E-state index in [4.69, 9.17) is 4.74 Å². The van der Waals surface area contributed by atoms with Gasteiger partial charge in [-0.05, 0) is 40.7 Å². The van der Waals surface area contributed by atoms with E-state index in [-0.39, 0.29) is 11.9 Å². The molecule has 2 nitrogen and oxygen atoms in total. The van der Waals surface area contributed by atoms with Gasteiger partial charge in [-0.25, -0.2) is 4.39 Å². The zero-order valence-corrected chi connectivity index (χ0v) is 9.77. The van der Waals surface area contributed by atoms with Gasteiger partial charge in [-0.1, -0.05) is 6.07 Å². The van der Waals surface area contributed by atoms with Crippen molar-refractivity contribution in [1.29, 1.82) is 0 Å². The molecule has 0 saturated carbocycles. The number of likely N-dealkylation sites (N-methyl/N-ethyl adjacent to an activating group) is 1. The van der Waals surface area contributed by atoms with Gasteiger partial charge in [0.05, 0.1) is 17.1 Å². The molecule has 1 rings (SSSR count). The van der Waals surface area contributed by atoms with Crippen LogP contribution in [0.4, 0.5) is 4.39 Å². The van der Waals surface area contributed by atoms with Crippen molar-refractivity contribution in [2.24, 2.45) is 0 Å². The first-order valence-corrected chi connectivity index (χ1v) is 5.09. The van der Waals surface area contributed by atoms with Crippen LogP contribution < -0.4 is 5.32 Å². The molecule has 0 fully saturated rings. The monoisotopic (exact) mass is 261 g/mol. The van der Waals surface area contributed by atoms with E-state index < -0.39 is 0 Å². The quantitative estimate of drug-likeness (QED) is 0.900. The second-order valence-electron chi connectivity index (χ2n) is 2.97. The van der Waals surface area contributed by atoms with Gasteiger partial charge in [-0.2, -0.15) is 0 Å². The van der Waals surface area contributed by atoms with E-state index in [1.165, 1.54) is 6.07 Å². The lowest BCUT2D eigenvalue weighted by Gasteiger charge is -2.15. The minimum absolute atomic E-state index is 0.0302. The molecule has 0 saturated heterocycles. The Hall–Kier alpha value is -0.450. The van der Waals surface area contributed by atoms with E-state index in [0.717, 1.165) is 5.56 Å². The Morgan fingerprint density at radius 2 is 2.29 bits per heavy atom. The Balaban J connectivity index is 2.88. The highest BCUT2D eigenvalue weighted by Crippen LogP contribution is 2.20. The van der Waals surface area contributed by atoms with E-state index in [0.29, 0.717) is 11.1 Å². The van der Waals surface area contributed by atoms with Crippen LogP contribution >= 0.6 is 15.9 Å². The molecule has 1 aromatic rings. The summed E-state index contributed by atoms with van der Waals surface area (Å²) in [5.74, 6) is -0.251. The van der Waals surface area contributed by atoms with Crippen molar-refractivity contribution in [3.05, 3.63) is 34.1 Å². The number of nitrogens with one attached hydrogen (secondary N) is 1. The maximum absolute atomic E-state index is 13.2. The van der Waals surface area contributed by atoms with Gasteiger partial charge in [-0.3, -0.25) is 0 Å². The summed E-state index contributed by atoms with van der Waals surface area (Å²) in [7, 11) is 3.45. The molecular formula is C10H13BrFNO. The van der Waals surface area contributed by atoms with Crippen molar-refractivity contribution in [3.8, 4) is 0 Å². The summed E-state index contributed by atoms with van der Waals surface area (Å²) in [5.41, 5.74) is 0.884. The predicted octanol–water partition coefficient (Wildman–Crippen LogP) is 2.50. The molecule has 0 radical (unpaired) electrons. The highest BCUT2D eigenvalue weighted by Gasteiger charge is 2.10. The van der Waals surface area contributed by atoms with Crippen LogP contribution in [-0.2, 0) is 4.74 Å². The Kier molecular flexibility index (Phi) is 4.51. The van der Waals surface area contributed by atoms with Crippen molar-refractivity contribution >= 4 is 15.9 Å². The molecule has 0 spiro atoms. The van der Waals surface area contributed by atoms with Crippen LogP contribution in [0.2, 0.25) is 0 Å². The average molecular weight is 262 g/mol. The normalized spacial score (nSPS) is 12.9. The first-order chi connectivity index (χ1) is 6.69. The topological polar surface area (TPSA) is 21.3 Å². The number of rotatable bonds is 4. The van der Waals surface area contributed by atoms with Crippen molar-refractivity contribution in [2.75, 3.05) is 20.8 Å². The zero-order valence-electron chi connectivity index (χ0n) is 8.18. The van der Waals surface area contributed by atoms with E-state index in [2.05, 4.69) is 21.2 Å². The summed E-state index contributed by atoms with van der Waals surface area (Å²) in [6, 6.07) is 5.10. The number of ether oxygens (including phenoxy) is 1. The van der Waals surface area contributed by atoms with Crippen LogP contribution in [0.1, 0.15) is 11.6 Å². The summed E-state index contributed by atoms with van der Waals surface area (Å²) in [6.07, 6.45) is 0.